The van der Waals surface area contributed by atoms with Crippen LogP contribution in [0, 0.1) is 0 Å². The molecule has 16 heavy (non-hydrogen) atoms. The van der Waals surface area contributed by atoms with Gasteiger partial charge in [-0.25, -0.2) is 0 Å². The van der Waals surface area contributed by atoms with Crippen molar-refractivity contribution in [3.8, 4) is 0 Å². The highest BCUT2D eigenvalue weighted by Crippen LogP contribution is 2.23. The molecule has 1 aromatic rings. The van der Waals surface area contributed by atoms with Gasteiger partial charge >= 0.3 is 0 Å². The van der Waals surface area contributed by atoms with E-state index in [2.05, 4.69) is 46.9 Å². The second-order valence-electron chi connectivity index (χ2n) is 4.06. The van der Waals surface area contributed by atoms with Crippen molar-refractivity contribution in [3.63, 3.8) is 0 Å². The maximum Gasteiger partial charge on any atom is 0.0692 e. The van der Waals surface area contributed by atoms with E-state index in [1.54, 1.807) is 0 Å². The summed E-state index contributed by atoms with van der Waals surface area (Å²) in [5.41, 5.74) is 2.13. The highest BCUT2D eigenvalue weighted by atomic mass is 79.9. The Labute approximate surface area is 106 Å². The SMILES string of the molecule is CCCCCN(C)c1ccc(CO)c(Br)c1. The quantitative estimate of drug-likeness (QED) is 0.808. The Bertz CT molecular complexity index is 328. The standard InChI is InChI=1S/C13H20BrNO/c1-3-4-5-8-15(2)12-7-6-11(10-16)13(14)9-12/h6-7,9,16H,3-5,8,10H2,1-2H3. The first-order valence-corrected chi connectivity index (χ1v) is 6.58. The Morgan fingerprint density at radius 1 is 1.31 bits per heavy atom. The summed E-state index contributed by atoms with van der Waals surface area (Å²) >= 11 is 3.47. The largest absolute Gasteiger partial charge is 0.392 e. The maximum absolute atomic E-state index is 9.08. The molecule has 1 rings (SSSR count). The van der Waals surface area contributed by atoms with Crippen molar-refractivity contribution in [3.05, 3.63) is 28.2 Å². The lowest BCUT2D eigenvalue weighted by Gasteiger charge is -2.20. The number of rotatable bonds is 6. The van der Waals surface area contributed by atoms with Gasteiger partial charge < -0.3 is 10.0 Å². The molecule has 2 nitrogen and oxygen atoms in total. The van der Waals surface area contributed by atoms with Crippen molar-refractivity contribution in [2.24, 2.45) is 0 Å². The van der Waals surface area contributed by atoms with Gasteiger partial charge in [0.25, 0.3) is 0 Å². The number of nitrogens with zero attached hydrogens (tertiary/aromatic N) is 1. The van der Waals surface area contributed by atoms with Crippen LogP contribution in [-0.4, -0.2) is 18.7 Å². The van der Waals surface area contributed by atoms with Gasteiger partial charge in [0.2, 0.25) is 0 Å². The number of unbranched alkanes of at least 4 members (excludes halogenated alkanes) is 2. The van der Waals surface area contributed by atoms with Gasteiger partial charge in [0.15, 0.2) is 0 Å². The first kappa shape index (κ1) is 13.5. The van der Waals surface area contributed by atoms with Crippen LogP contribution in [0.1, 0.15) is 31.7 Å². The Kier molecular flexibility index (Phi) is 5.85. The van der Waals surface area contributed by atoms with E-state index in [0.717, 1.165) is 16.6 Å². The van der Waals surface area contributed by atoms with E-state index in [9.17, 15) is 0 Å². The molecular formula is C13H20BrNO. The predicted octanol–water partition coefficient (Wildman–Crippen LogP) is 3.57. The third-order valence-corrected chi connectivity index (χ3v) is 3.48. The summed E-state index contributed by atoms with van der Waals surface area (Å²) in [5.74, 6) is 0. The zero-order valence-electron chi connectivity index (χ0n) is 10.0. The van der Waals surface area contributed by atoms with E-state index in [0.29, 0.717) is 0 Å². The number of halogens is 1. The fourth-order valence-electron chi connectivity index (χ4n) is 1.63. The van der Waals surface area contributed by atoms with Crippen molar-refractivity contribution in [2.75, 3.05) is 18.5 Å². The molecule has 0 amide bonds. The number of hydrogen-bond acceptors (Lipinski definition) is 2. The summed E-state index contributed by atoms with van der Waals surface area (Å²) in [4.78, 5) is 2.25. The third kappa shape index (κ3) is 3.80. The van der Waals surface area contributed by atoms with Crippen LogP contribution in [0.25, 0.3) is 0 Å². The molecule has 0 aliphatic rings. The minimum atomic E-state index is 0.0837. The van der Waals surface area contributed by atoms with Gasteiger partial charge in [-0.1, -0.05) is 41.8 Å². The van der Waals surface area contributed by atoms with Crippen molar-refractivity contribution in [1.29, 1.82) is 0 Å². The molecule has 90 valence electrons. The highest BCUT2D eigenvalue weighted by molar-refractivity contribution is 9.10. The topological polar surface area (TPSA) is 23.5 Å². The molecule has 0 radical (unpaired) electrons. The number of anilines is 1. The molecule has 0 aliphatic heterocycles. The molecule has 0 saturated heterocycles. The minimum Gasteiger partial charge on any atom is -0.392 e. The molecule has 3 heteroatoms. The first-order valence-electron chi connectivity index (χ1n) is 5.79. The molecule has 0 fully saturated rings. The molecule has 0 aliphatic carbocycles. The Morgan fingerprint density at radius 3 is 2.62 bits per heavy atom. The number of benzene rings is 1. The zero-order chi connectivity index (χ0) is 12.0. The predicted molar refractivity (Wildman–Crippen MR) is 72.9 cm³/mol. The number of aliphatic hydroxyl groups excluding tert-OH is 1. The van der Waals surface area contributed by atoms with Gasteiger partial charge in [-0.2, -0.15) is 0 Å². The molecule has 0 heterocycles. The van der Waals surface area contributed by atoms with Crippen LogP contribution >= 0.6 is 15.9 Å². The summed E-state index contributed by atoms with van der Waals surface area (Å²) < 4.78 is 0.981. The van der Waals surface area contributed by atoms with E-state index in [-0.39, 0.29) is 6.61 Å². The maximum atomic E-state index is 9.08. The van der Waals surface area contributed by atoms with Gasteiger partial charge in [-0.3, -0.25) is 0 Å². The fraction of sp³-hybridized carbons (Fsp3) is 0.538. The van der Waals surface area contributed by atoms with Crippen LogP contribution in [0.3, 0.4) is 0 Å². The smallest absolute Gasteiger partial charge is 0.0692 e. The van der Waals surface area contributed by atoms with E-state index in [1.807, 2.05) is 6.07 Å². The summed E-state index contributed by atoms with van der Waals surface area (Å²) in [5, 5.41) is 9.08. The lowest BCUT2D eigenvalue weighted by atomic mass is 10.2. The third-order valence-electron chi connectivity index (χ3n) is 2.74. The molecule has 1 N–H and O–H groups in total. The van der Waals surface area contributed by atoms with Gasteiger partial charge in [-0.15, -0.1) is 0 Å². The molecule has 0 aromatic heterocycles. The lowest BCUT2D eigenvalue weighted by molar-refractivity contribution is 0.281. The molecular weight excluding hydrogens is 266 g/mol. The van der Waals surface area contributed by atoms with Crippen LogP contribution in [0.4, 0.5) is 5.69 Å². The normalized spacial score (nSPS) is 10.5. The molecule has 0 unspecified atom stereocenters. The number of aliphatic hydroxyl groups is 1. The van der Waals surface area contributed by atoms with E-state index < -0.39 is 0 Å². The Hall–Kier alpha value is -0.540. The second kappa shape index (κ2) is 6.92. The summed E-state index contributed by atoms with van der Waals surface area (Å²) in [6.45, 7) is 3.38. The highest BCUT2D eigenvalue weighted by Gasteiger charge is 2.04. The zero-order valence-corrected chi connectivity index (χ0v) is 11.6. The average Bonchev–Trinajstić information content (AvgIpc) is 2.29. The van der Waals surface area contributed by atoms with Gasteiger partial charge in [0.1, 0.15) is 0 Å². The van der Waals surface area contributed by atoms with Crippen molar-refractivity contribution in [2.45, 2.75) is 32.8 Å². The van der Waals surface area contributed by atoms with Gasteiger partial charge in [0.05, 0.1) is 6.61 Å². The molecule has 0 atom stereocenters. The van der Waals surface area contributed by atoms with E-state index in [1.165, 1.54) is 24.9 Å². The van der Waals surface area contributed by atoms with Gasteiger partial charge in [-0.05, 0) is 24.1 Å². The number of hydrogen-bond donors (Lipinski definition) is 1. The summed E-state index contributed by atoms with van der Waals surface area (Å²) in [6, 6.07) is 6.09. The monoisotopic (exact) mass is 285 g/mol. The van der Waals surface area contributed by atoms with E-state index >= 15 is 0 Å². The van der Waals surface area contributed by atoms with Crippen LogP contribution in [-0.2, 0) is 6.61 Å². The second-order valence-corrected chi connectivity index (χ2v) is 4.92. The molecule has 0 bridgehead atoms. The average molecular weight is 286 g/mol. The van der Waals surface area contributed by atoms with Crippen molar-refractivity contribution >= 4 is 21.6 Å². The molecule has 0 spiro atoms. The van der Waals surface area contributed by atoms with Crippen LogP contribution < -0.4 is 4.90 Å². The summed E-state index contributed by atoms with van der Waals surface area (Å²) in [7, 11) is 2.11. The van der Waals surface area contributed by atoms with E-state index in [4.69, 9.17) is 5.11 Å². The molecule has 1 aromatic carbocycles. The minimum absolute atomic E-state index is 0.0837. The summed E-state index contributed by atoms with van der Waals surface area (Å²) in [6.07, 6.45) is 3.76. The van der Waals surface area contributed by atoms with Crippen molar-refractivity contribution < 1.29 is 5.11 Å². The first-order chi connectivity index (χ1) is 7.69. The Balaban J connectivity index is 2.62. The van der Waals surface area contributed by atoms with Gasteiger partial charge in [0, 0.05) is 23.8 Å². The Morgan fingerprint density at radius 2 is 2.06 bits per heavy atom. The molecule has 0 saturated carbocycles. The lowest BCUT2D eigenvalue weighted by Crippen LogP contribution is -2.18. The fourth-order valence-corrected chi connectivity index (χ4v) is 2.12. The van der Waals surface area contributed by atoms with Crippen LogP contribution in [0.5, 0.6) is 0 Å². The van der Waals surface area contributed by atoms with Crippen LogP contribution in [0.15, 0.2) is 22.7 Å². The van der Waals surface area contributed by atoms with Crippen molar-refractivity contribution in [1.82, 2.24) is 0 Å². The van der Waals surface area contributed by atoms with Crippen LogP contribution in [0.2, 0.25) is 0 Å².